The number of hydrogen-bond acceptors (Lipinski definition) is 3. The smallest absolute Gasteiger partial charge is 0.282 e. The van der Waals surface area contributed by atoms with Crippen LogP contribution in [-0.2, 0) is 0 Å². The van der Waals surface area contributed by atoms with Crippen LogP contribution in [0.25, 0.3) is 11.2 Å². The largest absolute Gasteiger partial charge is 0.342 e. The van der Waals surface area contributed by atoms with Gasteiger partial charge in [0.1, 0.15) is 11.2 Å². The predicted molar refractivity (Wildman–Crippen MR) is 41.7 cm³/mol. The number of H-pyrrole nitrogens is 1. The van der Waals surface area contributed by atoms with Gasteiger partial charge in [0.2, 0.25) is 5.28 Å². The van der Waals surface area contributed by atoms with E-state index < -0.39 is 12.1 Å². The van der Waals surface area contributed by atoms with E-state index in [-0.39, 0.29) is 16.4 Å². The van der Waals surface area contributed by atoms with Gasteiger partial charge in [-0.3, -0.25) is 0 Å². The summed E-state index contributed by atoms with van der Waals surface area (Å²) >= 11 is 5.42. The second-order valence-electron chi connectivity index (χ2n) is 2.28. The molecule has 4 nitrogen and oxygen atoms in total. The van der Waals surface area contributed by atoms with E-state index in [9.17, 15) is 8.78 Å². The predicted octanol–water partition coefficient (Wildman–Crippen LogP) is 1.94. The zero-order valence-corrected chi connectivity index (χ0v) is 6.89. The number of alkyl halides is 2. The van der Waals surface area contributed by atoms with Crippen molar-refractivity contribution in [3.8, 4) is 0 Å². The highest BCUT2D eigenvalue weighted by Gasteiger charge is 2.16. The monoisotopic (exact) mass is 204 g/mol. The molecule has 0 atom stereocenters. The molecule has 0 unspecified atom stereocenters. The van der Waals surface area contributed by atoms with Crippen molar-refractivity contribution in [1.29, 1.82) is 0 Å². The van der Waals surface area contributed by atoms with Crippen molar-refractivity contribution in [2.45, 2.75) is 6.43 Å². The quantitative estimate of drug-likeness (QED) is 0.723. The number of aromatic amines is 1. The first-order valence-electron chi connectivity index (χ1n) is 3.33. The molecule has 0 spiro atoms. The molecule has 2 aromatic rings. The SMILES string of the molecule is FC(F)c1nc(Cl)nc2nc[nH]c12. The third-order valence-electron chi connectivity index (χ3n) is 1.49. The number of halogens is 3. The van der Waals surface area contributed by atoms with Gasteiger partial charge in [0.05, 0.1) is 6.33 Å². The van der Waals surface area contributed by atoms with Crippen molar-refractivity contribution in [1.82, 2.24) is 19.9 Å². The maximum atomic E-state index is 12.4. The summed E-state index contributed by atoms with van der Waals surface area (Å²) in [6.07, 6.45) is -1.43. The lowest BCUT2D eigenvalue weighted by molar-refractivity contribution is 0.147. The second-order valence-corrected chi connectivity index (χ2v) is 2.62. The number of nitrogens with one attached hydrogen (secondary N) is 1. The maximum absolute atomic E-state index is 12.4. The van der Waals surface area contributed by atoms with Gasteiger partial charge in [-0.2, -0.15) is 4.98 Å². The molecule has 7 heteroatoms. The van der Waals surface area contributed by atoms with Crippen molar-refractivity contribution in [2.75, 3.05) is 0 Å². The second kappa shape index (κ2) is 2.88. The zero-order valence-electron chi connectivity index (χ0n) is 6.13. The Labute approximate surface area is 76.0 Å². The summed E-state index contributed by atoms with van der Waals surface area (Å²) < 4.78 is 24.7. The van der Waals surface area contributed by atoms with Crippen LogP contribution in [0.1, 0.15) is 12.1 Å². The Morgan fingerprint density at radius 2 is 2.15 bits per heavy atom. The van der Waals surface area contributed by atoms with E-state index in [1.165, 1.54) is 6.33 Å². The Morgan fingerprint density at radius 3 is 2.85 bits per heavy atom. The van der Waals surface area contributed by atoms with E-state index in [0.717, 1.165) is 0 Å². The lowest BCUT2D eigenvalue weighted by Gasteiger charge is -1.99. The zero-order chi connectivity index (χ0) is 9.42. The fraction of sp³-hybridized carbons (Fsp3) is 0.167. The van der Waals surface area contributed by atoms with E-state index in [4.69, 9.17) is 11.6 Å². The summed E-state index contributed by atoms with van der Waals surface area (Å²) in [5.74, 6) is 0. The van der Waals surface area contributed by atoms with Crippen LogP contribution in [0.4, 0.5) is 8.78 Å². The number of fused-ring (bicyclic) bond motifs is 1. The van der Waals surface area contributed by atoms with Gasteiger partial charge < -0.3 is 4.98 Å². The lowest BCUT2D eigenvalue weighted by atomic mass is 10.4. The third-order valence-corrected chi connectivity index (χ3v) is 1.66. The number of rotatable bonds is 1. The first-order chi connectivity index (χ1) is 6.18. The average Bonchev–Trinajstić information content (AvgIpc) is 2.49. The van der Waals surface area contributed by atoms with Crippen LogP contribution in [0, 0.1) is 0 Å². The summed E-state index contributed by atoms with van der Waals surface area (Å²) in [6, 6.07) is 0. The molecule has 68 valence electrons. The van der Waals surface area contributed by atoms with Crippen LogP contribution in [0.15, 0.2) is 6.33 Å². The molecule has 0 saturated heterocycles. The van der Waals surface area contributed by atoms with Crippen LogP contribution in [0.3, 0.4) is 0 Å². The molecule has 0 radical (unpaired) electrons. The molecule has 2 rings (SSSR count). The molecule has 1 N–H and O–H groups in total. The third kappa shape index (κ3) is 1.33. The molecular weight excluding hydrogens is 202 g/mol. The summed E-state index contributed by atoms with van der Waals surface area (Å²) in [5.41, 5.74) is -0.151. The number of aromatic nitrogens is 4. The Kier molecular flexibility index (Phi) is 1.84. The molecule has 0 aliphatic rings. The van der Waals surface area contributed by atoms with E-state index in [1.54, 1.807) is 0 Å². The molecule has 0 aliphatic heterocycles. The minimum Gasteiger partial charge on any atom is -0.342 e. The number of hydrogen-bond donors (Lipinski definition) is 1. The molecule has 0 aromatic carbocycles. The Morgan fingerprint density at radius 1 is 1.38 bits per heavy atom. The molecule has 0 saturated carbocycles. The van der Waals surface area contributed by atoms with Crippen molar-refractivity contribution < 1.29 is 8.78 Å². The average molecular weight is 205 g/mol. The lowest BCUT2D eigenvalue weighted by Crippen LogP contribution is -1.95. The van der Waals surface area contributed by atoms with Crippen molar-refractivity contribution in [3.05, 3.63) is 17.3 Å². The van der Waals surface area contributed by atoms with Gasteiger partial charge in [-0.1, -0.05) is 0 Å². The van der Waals surface area contributed by atoms with Gasteiger partial charge in [-0.15, -0.1) is 0 Å². The van der Waals surface area contributed by atoms with Crippen LogP contribution in [-0.4, -0.2) is 19.9 Å². The van der Waals surface area contributed by atoms with Gasteiger partial charge >= 0.3 is 0 Å². The van der Waals surface area contributed by atoms with Crippen molar-refractivity contribution in [2.24, 2.45) is 0 Å². The Hall–Kier alpha value is -1.30. The molecule has 13 heavy (non-hydrogen) atoms. The minimum atomic E-state index is -2.69. The van der Waals surface area contributed by atoms with Gasteiger partial charge in [-0.25, -0.2) is 18.7 Å². The topological polar surface area (TPSA) is 54.5 Å². The van der Waals surface area contributed by atoms with Crippen molar-refractivity contribution >= 4 is 22.8 Å². The van der Waals surface area contributed by atoms with E-state index >= 15 is 0 Å². The minimum absolute atomic E-state index is 0.124. The molecular formula is C6H3ClF2N4. The molecule has 0 fully saturated rings. The van der Waals surface area contributed by atoms with Gasteiger partial charge in [-0.05, 0) is 11.6 Å². The molecule has 0 amide bonds. The normalized spacial score (nSPS) is 11.4. The standard InChI is InChI=1S/C6H3ClF2N4/c7-6-12-2(4(8)9)3-5(13-6)11-1-10-3/h1,4H,(H,10,11,12,13). The van der Waals surface area contributed by atoms with E-state index in [0.29, 0.717) is 0 Å². The van der Waals surface area contributed by atoms with E-state index in [1.807, 2.05) is 0 Å². The molecule has 2 aromatic heterocycles. The molecule has 2 heterocycles. The number of imidazole rings is 1. The highest BCUT2D eigenvalue weighted by Crippen LogP contribution is 2.23. The number of nitrogens with zero attached hydrogens (tertiary/aromatic N) is 3. The van der Waals surface area contributed by atoms with Gasteiger partial charge in [0.15, 0.2) is 5.65 Å². The summed E-state index contributed by atoms with van der Waals surface area (Å²) in [4.78, 5) is 13.3. The Bertz CT molecular complexity index is 441. The Balaban J connectivity index is 2.77. The van der Waals surface area contributed by atoms with Gasteiger partial charge in [0.25, 0.3) is 6.43 Å². The van der Waals surface area contributed by atoms with Crippen LogP contribution >= 0.6 is 11.6 Å². The van der Waals surface area contributed by atoms with Crippen molar-refractivity contribution in [3.63, 3.8) is 0 Å². The fourth-order valence-corrected chi connectivity index (χ4v) is 1.16. The van der Waals surface area contributed by atoms with Crippen LogP contribution < -0.4 is 0 Å². The van der Waals surface area contributed by atoms with Gasteiger partial charge in [0, 0.05) is 0 Å². The highest BCUT2D eigenvalue weighted by atomic mass is 35.5. The summed E-state index contributed by atoms with van der Waals surface area (Å²) in [7, 11) is 0. The summed E-state index contributed by atoms with van der Waals surface area (Å²) in [6.45, 7) is 0. The van der Waals surface area contributed by atoms with Crippen LogP contribution in [0.2, 0.25) is 5.28 Å². The van der Waals surface area contributed by atoms with Crippen LogP contribution in [0.5, 0.6) is 0 Å². The van der Waals surface area contributed by atoms with E-state index in [2.05, 4.69) is 19.9 Å². The molecule has 0 bridgehead atoms. The first-order valence-corrected chi connectivity index (χ1v) is 3.71. The highest BCUT2D eigenvalue weighted by molar-refractivity contribution is 6.28. The fourth-order valence-electron chi connectivity index (χ4n) is 0.986. The first kappa shape index (κ1) is 8.31. The maximum Gasteiger partial charge on any atom is 0.282 e. The summed E-state index contributed by atoms with van der Waals surface area (Å²) in [5, 5.41) is -0.227. The molecule has 0 aliphatic carbocycles.